The Morgan fingerprint density at radius 3 is 1.24 bits per heavy atom. The smallest absolute Gasteiger partial charge is 0.400 e. The fourth-order valence-corrected chi connectivity index (χ4v) is 10.3. The maximum Gasteiger partial charge on any atom is 0.489 e. The molecule has 6 nitrogen and oxygen atoms in total. The molecule has 0 unspecified atom stereocenters. The zero-order valence-corrected chi connectivity index (χ0v) is 41.6. The fraction of sp³-hybridized carbons (Fsp3) is 0.172. The molecular weight excluding hydrogens is 955 g/mol. The second-order valence-electron chi connectivity index (χ2n) is 18.1. The first-order valence-corrected chi connectivity index (χ1v) is 23.6. The van der Waals surface area contributed by atoms with Crippen molar-refractivity contribution in [3.8, 4) is 22.5 Å². The molecule has 336 valence electrons. The summed E-state index contributed by atoms with van der Waals surface area (Å²) in [5.74, 6) is 0. The Hall–Kier alpha value is -6.10. The van der Waals surface area contributed by atoms with Crippen molar-refractivity contribution in [2.24, 2.45) is 0 Å². The zero-order valence-electron chi connectivity index (χ0n) is 38.4. The lowest BCUT2D eigenvalue weighted by atomic mass is 9.81. The minimum atomic E-state index is -0.241. The maximum absolute atomic E-state index is 5.70. The molecule has 5 heterocycles. The molecule has 0 aliphatic carbocycles. The van der Waals surface area contributed by atoms with Gasteiger partial charge in [0.05, 0.1) is 46.0 Å². The van der Waals surface area contributed by atoms with Crippen LogP contribution in [0.1, 0.15) is 67.0 Å². The normalized spacial score (nSPS) is 13.9. The van der Waals surface area contributed by atoms with E-state index in [9.17, 15) is 0 Å². The Bertz CT molecular complexity index is 3520. The van der Waals surface area contributed by atoms with Crippen LogP contribution in [-0.4, -0.2) is 37.1 Å². The van der Waals surface area contributed by atoms with E-state index >= 15 is 0 Å². The summed E-state index contributed by atoms with van der Waals surface area (Å²) in [6, 6.07) is 46.5. The highest BCUT2D eigenvalue weighted by atomic mass is 79.9. The number of rotatable bonds is 5. The van der Waals surface area contributed by atoms with Crippen LogP contribution in [-0.2, 0) is 9.31 Å². The summed E-state index contributed by atoms with van der Waals surface area (Å²) in [5.41, 5.74) is 13.4. The third-order valence-corrected chi connectivity index (χ3v) is 14.2. The predicted molar refractivity (Wildman–Crippen MR) is 294 cm³/mol. The number of fused-ring (bicyclic) bond motifs is 12. The van der Waals surface area contributed by atoms with Crippen molar-refractivity contribution in [1.29, 1.82) is 0 Å². The van der Waals surface area contributed by atoms with Gasteiger partial charge in [-0.3, -0.25) is 8.80 Å². The van der Waals surface area contributed by atoms with Crippen molar-refractivity contribution in [3.05, 3.63) is 191 Å². The topological polar surface area (TPSA) is 53.1 Å². The molecule has 1 aliphatic heterocycles. The van der Waals surface area contributed by atoms with Crippen molar-refractivity contribution in [1.82, 2.24) is 18.8 Å². The molecule has 1 fully saturated rings. The van der Waals surface area contributed by atoms with E-state index < -0.39 is 0 Å². The van der Waals surface area contributed by atoms with Gasteiger partial charge in [0.1, 0.15) is 11.3 Å². The van der Waals surface area contributed by atoms with Crippen LogP contribution in [0.5, 0.6) is 0 Å². The number of hydrogen-bond acceptors (Lipinski definition) is 4. The van der Waals surface area contributed by atoms with Crippen molar-refractivity contribution in [2.75, 3.05) is 0 Å². The number of allylic oxidation sites excluding steroid dienone is 3. The van der Waals surface area contributed by atoms with Gasteiger partial charge >= 0.3 is 7.12 Å². The highest BCUT2D eigenvalue weighted by Gasteiger charge is 2.51. The van der Waals surface area contributed by atoms with Gasteiger partial charge in [-0.15, -0.1) is 6.58 Å². The van der Waals surface area contributed by atoms with Gasteiger partial charge in [0, 0.05) is 41.6 Å². The van der Waals surface area contributed by atoms with Crippen LogP contribution in [0.15, 0.2) is 180 Å². The van der Waals surface area contributed by atoms with Crippen molar-refractivity contribution in [2.45, 2.75) is 67.1 Å². The van der Waals surface area contributed by atoms with E-state index in [4.69, 9.17) is 19.3 Å². The van der Waals surface area contributed by atoms with E-state index in [0.29, 0.717) is 0 Å². The molecule has 1 saturated heterocycles. The lowest BCUT2D eigenvalue weighted by Crippen LogP contribution is -2.41. The van der Waals surface area contributed by atoms with Crippen LogP contribution in [0, 0.1) is 0 Å². The van der Waals surface area contributed by atoms with E-state index in [1.807, 2.05) is 53.1 Å². The van der Waals surface area contributed by atoms with Gasteiger partial charge in [0.15, 0.2) is 0 Å². The number of aromatic nitrogens is 4. The summed E-state index contributed by atoms with van der Waals surface area (Å²) in [6.07, 6.45) is 3.95. The molecule has 0 radical (unpaired) electrons. The van der Waals surface area contributed by atoms with E-state index in [1.165, 1.54) is 21.5 Å². The average Bonchev–Trinajstić information content (AvgIpc) is 4.01. The van der Waals surface area contributed by atoms with Gasteiger partial charge in [-0.2, -0.15) is 0 Å². The minimum absolute atomic E-state index is 0. The standard InChI is InChI=1S/C27H22N2.C21H12Br2N2.C9H17BO2.CH4/c1-17(2)19-13-9-14-20(18(3)4)26(19)25-16-28-27-23-12-6-5-10-21(23)22-11-7-8-15-24(22)29(25)27;22-16-9-5-10-17(23)20(16)19-12-24-21-15-8-2-1-6-13(15)14-7-3-4-11-18(14)25(19)21;1-7(2)10-11-8(3,4)9(5,6)12-10;/h5-16H,1,3H2,2,4H3;1-12H;1H2,2-6H3;1H4. The molecule has 0 spiro atoms. The van der Waals surface area contributed by atoms with Gasteiger partial charge in [0.25, 0.3) is 0 Å². The number of benzene rings is 6. The van der Waals surface area contributed by atoms with Gasteiger partial charge in [-0.25, -0.2) is 9.97 Å². The van der Waals surface area contributed by atoms with Crippen LogP contribution >= 0.6 is 31.9 Å². The Labute approximate surface area is 411 Å². The first kappa shape index (κ1) is 47.4. The van der Waals surface area contributed by atoms with Crippen LogP contribution in [0.2, 0.25) is 0 Å². The van der Waals surface area contributed by atoms with E-state index in [-0.39, 0.29) is 25.7 Å². The number of imidazole rings is 2. The SMILES string of the molecule is Brc1cccc(Br)c1-c1cnc2c3ccccc3c3ccccc3n12.C.C=C(C)B1OC(C)(C)C(C)(C)O1.C=C(C)c1cccc(C(=C)C)c1-c1cnc2c3ccccc3c3ccccc3n12. The third kappa shape index (κ3) is 8.37. The molecule has 0 N–H and O–H groups in total. The molecule has 6 aromatic carbocycles. The molecule has 1 aliphatic rings. The van der Waals surface area contributed by atoms with Gasteiger partial charge in [-0.05, 0) is 94.6 Å². The van der Waals surface area contributed by atoms with E-state index in [1.54, 1.807) is 0 Å². The zero-order chi connectivity index (χ0) is 46.7. The molecule has 0 saturated carbocycles. The minimum Gasteiger partial charge on any atom is -0.400 e. The second kappa shape index (κ2) is 18.5. The second-order valence-corrected chi connectivity index (χ2v) is 19.8. The molecule has 0 bridgehead atoms. The lowest BCUT2D eigenvalue weighted by molar-refractivity contribution is 0.00578. The van der Waals surface area contributed by atoms with Crippen LogP contribution in [0.25, 0.3) is 88.3 Å². The van der Waals surface area contributed by atoms with Crippen LogP contribution in [0.4, 0.5) is 0 Å². The van der Waals surface area contributed by atoms with Gasteiger partial charge in [-0.1, -0.05) is 178 Å². The summed E-state index contributed by atoms with van der Waals surface area (Å²) in [6.45, 7) is 26.5. The molecule has 67 heavy (non-hydrogen) atoms. The summed E-state index contributed by atoms with van der Waals surface area (Å²) in [5, 5.41) is 7.22. The van der Waals surface area contributed by atoms with Crippen LogP contribution in [0.3, 0.4) is 0 Å². The maximum atomic E-state index is 5.70. The number of para-hydroxylation sites is 2. The lowest BCUT2D eigenvalue weighted by Gasteiger charge is -2.32. The highest BCUT2D eigenvalue weighted by molar-refractivity contribution is 9.11. The van der Waals surface area contributed by atoms with Crippen molar-refractivity contribution in [3.63, 3.8) is 0 Å². The Morgan fingerprint density at radius 2 is 0.851 bits per heavy atom. The Balaban J connectivity index is 0.000000146. The molecule has 0 amide bonds. The number of hydrogen-bond donors (Lipinski definition) is 0. The highest BCUT2D eigenvalue weighted by Crippen LogP contribution is 2.41. The number of nitrogens with zero attached hydrogens (tertiary/aromatic N) is 4. The summed E-state index contributed by atoms with van der Waals surface area (Å²) in [7, 11) is -0.241. The monoisotopic (exact) mass is 1010 g/mol. The van der Waals surface area contributed by atoms with Crippen molar-refractivity contribution < 1.29 is 9.31 Å². The largest absolute Gasteiger partial charge is 0.489 e. The summed E-state index contributed by atoms with van der Waals surface area (Å²) < 4.78 is 18.0. The summed E-state index contributed by atoms with van der Waals surface area (Å²) >= 11 is 7.39. The van der Waals surface area contributed by atoms with E-state index in [0.717, 1.165) is 92.3 Å². The quantitative estimate of drug-likeness (QED) is 0.127. The average molecular weight is 1010 g/mol. The predicted octanol–water partition coefficient (Wildman–Crippen LogP) is 17.0. The van der Waals surface area contributed by atoms with Gasteiger partial charge in [0.2, 0.25) is 0 Å². The third-order valence-electron chi connectivity index (χ3n) is 12.8. The molecular formula is C58H55BBr2N4O2. The van der Waals surface area contributed by atoms with E-state index in [2.05, 4.69) is 202 Å². The summed E-state index contributed by atoms with van der Waals surface area (Å²) in [4.78, 5) is 9.65. The fourth-order valence-electron chi connectivity index (χ4n) is 8.87. The van der Waals surface area contributed by atoms with Gasteiger partial charge < -0.3 is 9.31 Å². The molecule has 10 aromatic rings. The first-order valence-electron chi connectivity index (χ1n) is 22.0. The number of halogens is 2. The Morgan fingerprint density at radius 1 is 0.493 bits per heavy atom. The Kier molecular flexibility index (Phi) is 13.1. The van der Waals surface area contributed by atoms with Crippen molar-refractivity contribution >= 4 is 105 Å². The molecule has 9 heteroatoms. The molecule has 11 rings (SSSR count). The molecule has 4 aromatic heterocycles. The number of pyridine rings is 2. The van der Waals surface area contributed by atoms with Crippen LogP contribution < -0.4 is 0 Å². The first-order chi connectivity index (χ1) is 31.6. The molecule has 0 atom stereocenters.